The van der Waals surface area contributed by atoms with Gasteiger partial charge in [0.25, 0.3) is 5.91 Å². The summed E-state index contributed by atoms with van der Waals surface area (Å²) in [5, 5.41) is 15.9. The molecule has 20 heavy (non-hydrogen) atoms. The average molecular weight is 273 g/mol. The normalized spacial score (nSPS) is 10.3. The summed E-state index contributed by atoms with van der Waals surface area (Å²) in [5.74, 6) is -1.44. The highest BCUT2D eigenvalue weighted by Gasteiger charge is 2.19. The molecule has 0 bridgehead atoms. The Balaban J connectivity index is 2.36. The van der Waals surface area contributed by atoms with E-state index in [1.165, 1.54) is 6.07 Å². The van der Waals surface area contributed by atoms with E-state index in [4.69, 9.17) is 5.11 Å². The van der Waals surface area contributed by atoms with Gasteiger partial charge in [0.05, 0.1) is 22.5 Å². The van der Waals surface area contributed by atoms with Crippen molar-refractivity contribution in [1.29, 1.82) is 0 Å². The lowest BCUT2D eigenvalue weighted by atomic mass is 10.1. The first kappa shape index (κ1) is 13.8. The minimum Gasteiger partial charge on any atom is -0.478 e. The smallest absolute Gasteiger partial charge is 0.337 e. The molecule has 6 nitrogen and oxygen atoms in total. The summed E-state index contributed by atoms with van der Waals surface area (Å²) in [6.07, 6.45) is 0. The van der Waals surface area contributed by atoms with E-state index in [2.05, 4.69) is 10.4 Å². The van der Waals surface area contributed by atoms with Gasteiger partial charge in [-0.1, -0.05) is 12.1 Å². The number of carboxylic acid groups (broad SMARTS) is 1. The number of carbonyl (C=O) groups is 2. The Morgan fingerprint density at radius 2 is 1.90 bits per heavy atom. The van der Waals surface area contributed by atoms with E-state index >= 15 is 0 Å². The van der Waals surface area contributed by atoms with E-state index in [0.717, 1.165) is 5.69 Å². The van der Waals surface area contributed by atoms with E-state index in [1.807, 2.05) is 0 Å². The van der Waals surface area contributed by atoms with Gasteiger partial charge in [-0.25, -0.2) is 4.79 Å². The molecule has 0 aliphatic carbocycles. The Hall–Kier alpha value is -2.63. The van der Waals surface area contributed by atoms with Crippen molar-refractivity contribution in [3.63, 3.8) is 0 Å². The van der Waals surface area contributed by atoms with Crippen molar-refractivity contribution in [2.24, 2.45) is 7.05 Å². The van der Waals surface area contributed by atoms with Gasteiger partial charge in [-0.15, -0.1) is 0 Å². The first-order chi connectivity index (χ1) is 9.41. The van der Waals surface area contributed by atoms with Gasteiger partial charge >= 0.3 is 5.97 Å². The second-order valence-corrected chi connectivity index (χ2v) is 4.47. The number of nitrogens with one attached hydrogen (secondary N) is 1. The van der Waals surface area contributed by atoms with Crippen LogP contribution in [0.15, 0.2) is 24.3 Å². The second kappa shape index (κ2) is 5.16. The monoisotopic (exact) mass is 273 g/mol. The van der Waals surface area contributed by atoms with E-state index in [-0.39, 0.29) is 17.2 Å². The van der Waals surface area contributed by atoms with Crippen LogP contribution in [0, 0.1) is 13.8 Å². The molecule has 0 aliphatic rings. The van der Waals surface area contributed by atoms with Crippen LogP contribution in [0.4, 0.5) is 5.69 Å². The van der Waals surface area contributed by atoms with Crippen LogP contribution in [0.2, 0.25) is 0 Å². The summed E-state index contributed by atoms with van der Waals surface area (Å²) in [6, 6.07) is 6.29. The molecule has 1 aromatic carbocycles. The third-order valence-corrected chi connectivity index (χ3v) is 3.14. The number of hydrogen-bond acceptors (Lipinski definition) is 3. The molecule has 0 saturated heterocycles. The molecule has 104 valence electrons. The number of carbonyl (C=O) groups excluding carboxylic acids is 1. The minimum atomic E-state index is -1.08. The highest BCUT2D eigenvalue weighted by atomic mass is 16.4. The molecule has 0 saturated carbocycles. The van der Waals surface area contributed by atoms with Crippen molar-refractivity contribution in [1.82, 2.24) is 9.78 Å². The maximum Gasteiger partial charge on any atom is 0.337 e. The first-order valence-electron chi connectivity index (χ1n) is 6.05. The van der Waals surface area contributed by atoms with E-state index in [0.29, 0.717) is 11.3 Å². The summed E-state index contributed by atoms with van der Waals surface area (Å²) in [5.41, 5.74) is 2.13. The topological polar surface area (TPSA) is 84.2 Å². The van der Waals surface area contributed by atoms with E-state index in [1.54, 1.807) is 43.8 Å². The van der Waals surface area contributed by atoms with E-state index in [9.17, 15) is 9.59 Å². The number of aromatic carboxylic acids is 1. The number of rotatable bonds is 3. The molecule has 6 heteroatoms. The number of aromatic nitrogens is 2. The Morgan fingerprint density at radius 1 is 1.25 bits per heavy atom. The molecule has 0 unspecified atom stereocenters. The van der Waals surface area contributed by atoms with E-state index < -0.39 is 5.97 Å². The molecule has 2 aromatic rings. The zero-order valence-corrected chi connectivity index (χ0v) is 11.5. The van der Waals surface area contributed by atoms with Gasteiger partial charge < -0.3 is 10.4 Å². The summed E-state index contributed by atoms with van der Waals surface area (Å²) in [4.78, 5) is 23.4. The van der Waals surface area contributed by atoms with Crippen molar-refractivity contribution in [2.45, 2.75) is 13.8 Å². The predicted molar refractivity (Wildman–Crippen MR) is 74.0 cm³/mol. The van der Waals surface area contributed by atoms with Crippen LogP contribution in [-0.4, -0.2) is 26.8 Å². The van der Waals surface area contributed by atoms with Gasteiger partial charge in [0, 0.05) is 12.7 Å². The fraction of sp³-hybridized carbons (Fsp3) is 0.214. The Kier molecular flexibility index (Phi) is 3.56. The third kappa shape index (κ3) is 2.40. The van der Waals surface area contributed by atoms with Crippen LogP contribution in [-0.2, 0) is 7.05 Å². The van der Waals surface area contributed by atoms with Gasteiger partial charge in [-0.05, 0) is 26.0 Å². The lowest BCUT2D eigenvalue weighted by Gasteiger charge is -2.08. The van der Waals surface area contributed by atoms with Gasteiger partial charge in [0.2, 0.25) is 0 Å². The number of nitrogens with zero attached hydrogens (tertiary/aromatic N) is 2. The van der Waals surface area contributed by atoms with Gasteiger partial charge in [-0.3, -0.25) is 9.48 Å². The Morgan fingerprint density at radius 3 is 2.45 bits per heavy atom. The highest BCUT2D eigenvalue weighted by molar-refractivity contribution is 6.08. The first-order valence-corrected chi connectivity index (χ1v) is 6.05. The van der Waals surface area contributed by atoms with Crippen LogP contribution in [0.1, 0.15) is 32.1 Å². The van der Waals surface area contributed by atoms with Gasteiger partial charge in [0.15, 0.2) is 0 Å². The number of benzene rings is 1. The van der Waals surface area contributed by atoms with Crippen LogP contribution < -0.4 is 5.32 Å². The summed E-state index contributed by atoms with van der Waals surface area (Å²) >= 11 is 0. The molecular weight excluding hydrogens is 258 g/mol. The predicted octanol–water partition coefficient (Wildman–Crippen LogP) is 1.99. The number of anilines is 1. The Bertz CT molecular complexity index is 689. The maximum absolute atomic E-state index is 12.3. The van der Waals surface area contributed by atoms with Crippen LogP contribution in [0.5, 0.6) is 0 Å². The molecule has 2 N–H and O–H groups in total. The number of carboxylic acids is 1. The number of amides is 1. The quantitative estimate of drug-likeness (QED) is 0.895. The van der Waals surface area contributed by atoms with Crippen molar-refractivity contribution < 1.29 is 14.7 Å². The molecule has 2 rings (SSSR count). The fourth-order valence-corrected chi connectivity index (χ4v) is 2.07. The van der Waals surface area contributed by atoms with Crippen LogP contribution in [0.3, 0.4) is 0 Å². The van der Waals surface area contributed by atoms with Crippen molar-refractivity contribution in [2.75, 3.05) is 5.32 Å². The molecule has 0 spiro atoms. The standard InChI is InChI=1S/C14H15N3O3/c1-8-12(9(2)17(3)16-8)13(18)15-11-7-5-4-6-10(11)14(19)20/h4-7H,1-3H3,(H,15,18)(H,19,20). The van der Waals surface area contributed by atoms with Crippen LogP contribution in [0.25, 0.3) is 0 Å². The second-order valence-electron chi connectivity index (χ2n) is 4.47. The molecule has 1 amide bonds. The lowest BCUT2D eigenvalue weighted by molar-refractivity contribution is 0.0698. The van der Waals surface area contributed by atoms with Crippen LogP contribution >= 0.6 is 0 Å². The van der Waals surface area contributed by atoms with Crippen molar-refractivity contribution in [3.05, 3.63) is 46.8 Å². The van der Waals surface area contributed by atoms with Crippen molar-refractivity contribution >= 4 is 17.6 Å². The average Bonchev–Trinajstić information content (AvgIpc) is 2.63. The molecule has 1 aromatic heterocycles. The molecule has 0 fully saturated rings. The number of aryl methyl sites for hydroxylation is 2. The molecule has 0 atom stereocenters. The lowest BCUT2D eigenvalue weighted by Crippen LogP contribution is -2.16. The van der Waals surface area contributed by atoms with Gasteiger partial charge in [-0.2, -0.15) is 5.10 Å². The SMILES string of the molecule is Cc1nn(C)c(C)c1C(=O)Nc1ccccc1C(=O)O. The molecule has 1 heterocycles. The van der Waals surface area contributed by atoms with Gasteiger partial charge in [0.1, 0.15) is 0 Å². The van der Waals surface area contributed by atoms with Crippen molar-refractivity contribution in [3.8, 4) is 0 Å². The Labute approximate surface area is 116 Å². The zero-order chi connectivity index (χ0) is 14.9. The summed E-state index contributed by atoms with van der Waals surface area (Å²) in [6.45, 7) is 3.53. The number of hydrogen-bond donors (Lipinski definition) is 2. The summed E-state index contributed by atoms with van der Waals surface area (Å²) < 4.78 is 1.62. The number of para-hydroxylation sites is 1. The summed E-state index contributed by atoms with van der Waals surface area (Å²) in [7, 11) is 1.75. The molecule has 0 aliphatic heterocycles. The largest absolute Gasteiger partial charge is 0.478 e. The third-order valence-electron chi connectivity index (χ3n) is 3.14. The fourth-order valence-electron chi connectivity index (χ4n) is 2.07. The maximum atomic E-state index is 12.3. The molecular formula is C14H15N3O3. The highest BCUT2D eigenvalue weighted by Crippen LogP contribution is 2.18. The zero-order valence-electron chi connectivity index (χ0n) is 11.5. The molecule has 0 radical (unpaired) electrons. The minimum absolute atomic E-state index is 0.0556.